The molecule has 0 radical (unpaired) electrons. The summed E-state index contributed by atoms with van der Waals surface area (Å²) in [7, 11) is 0. The van der Waals surface area contributed by atoms with Gasteiger partial charge in [-0.05, 0) is 56.6 Å². The van der Waals surface area contributed by atoms with Crippen molar-refractivity contribution in [2.45, 2.75) is 78.8 Å². The van der Waals surface area contributed by atoms with Crippen molar-refractivity contribution in [1.82, 2.24) is 15.1 Å². The van der Waals surface area contributed by atoms with Crippen LogP contribution in [0.2, 0.25) is 0 Å². The minimum Gasteiger partial charge on any atom is -0.312 e. The van der Waals surface area contributed by atoms with Crippen LogP contribution in [0.4, 0.5) is 0 Å². The van der Waals surface area contributed by atoms with E-state index in [1.165, 1.54) is 30.7 Å². The maximum Gasteiger partial charge on any atom is 0.0701 e. The summed E-state index contributed by atoms with van der Waals surface area (Å²) in [6.07, 6.45) is 5.90. The van der Waals surface area contributed by atoms with E-state index in [1.54, 1.807) is 0 Å². The van der Waals surface area contributed by atoms with Gasteiger partial charge in [-0.25, -0.2) is 0 Å². The third-order valence-corrected chi connectivity index (χ3v) is 4.95. The molecule has 1 aliphatic rings. The lowest BCUT2D eigenvalue weighted by Crippen LogP contribution is -2.46. The molecule has 0 bridgehead atoms. The largest absolute Gasteiger partial charge is 0.312 e. The number of nitrogens with zero attached hydrogens (tertiary/aromatic N) is 2. The normalized spacial score (nSPS) is 29.8. The Morgan fingerprint density at radius 3 is 2.57 bits per heavy atom. The number of hydrogen-bond donors (Lipinski definition) is 1. The molecule has 0 aliphatic heterocycles. The van der Waals surface area contributed by atoms with Crippen molar-refractivity contribution in [3.63, 3.8) is 0 Å². The Hall–Kier alpha value is -0.830. The molecule has 120 valence electrons. The topological polar surface area (TPSA) is 29.9 Å². The van der Waals surface area contributed by atoms with E-state index >= 15 is 0 Å². The van der Waals surface area contributed by atoms with Crippen LogP contribution in [0, 0.1) is 11.8 Å². The zero-order valence-electron chi connectivity index (χ0n) is 14.5. The van der Waals surface area contributed by atoms with Crippen LogP contribution in [0.3, 0.4) is 0 Å². The van der Waals surface area contributed by atoms with E-state index in [2.05, 4.69) is 50.7 Å². The first-order chi connectivity index (χ1) is 10.1. The Morgan fingerprint density at radius 2 is 1.95 bits per heavy atom. The summed E-state index contributed by atoms with van der Waals surface area (Å²) < 4.78 is 2.36. The van der Waals surface area contributed by atoms with E-state index in [1.807, 2.05) is 0 Å². The smallest absolute Gasteiger partial charge is 0.0701 e. The molecular weight excluding hydrogens is 258 g/mol. The van der Waals surface area contributed by atoms with Gasteiger partial charge in [-0.1, -0.05) is 34.6 Å². The second-order valence-corrected chi connectivity index (χ2v) is 6.88. The highest BCUT2D eigenvalue weighted by molar-refractivity contribution is 5.13. The van der Waals surface area contributed by atoms with Gasteiger partial charge in [-0.3, -0.25) is 4.68 Å². The lowest BCUT2D eigenvalue weighted by molar-refractivity contribution is 0.140. The molecule has 4 unspecified atom stereocenters. The summed E-state index contributed by atoms with van der Waals surface area (Å²) in [6.45, 7) is 12.6. The van der Waals surface area contributed by atoms with Crippen molar-refractivity contribution < 1.29 is 0 Å². The highest BCUT2D eigenvalue weighted by Gasteiger charge is 2.36. The van der Waals surface area contributed by atoms with Crippen LogP contribution in [0.5, 0.6) is 0 Å². The number of nitrogens with one attached hydrogen (secondary N) is 1. The van der Waals surface area contributed by atoms with Gasteiger partial charge in [0.2, 0.25) is 0 Å². The monoisotopic (exact) mass is 291 g/mol. The molecule has 1 heterocycles. The quantitative estimate of drug-likeness (QED) is 0.859. The van der Waals surface area contributed by atoms with Crippen LogP contribution in [0.1, 0.15) is 71.3 Å². The molecule has 1 N–H and O–H groups in total. The Morgan fingerprint density at radius 1 is 1.19 bits per heavy atom. The predicted molar refractivity (Wildman–Crippen MR) is 89.7 cm³/mol. The van der Waals surface area contributed by atoms with Gasteiger partial charge in [0.1, 0.15) is 0 Å². The van der Waals surface area contributed by atoms with Gasteiger partial charge >= 0.3 is 0 Å². The second-order valence-electron chi connectivity index (χ2n) is 6.88. The van der Waals surface area contributed by atoms with Crippen molar-refractivity contribution in [2.24, 2.45) is 11.8 Å². The van der Waals surface area contributed by atoms with Gasteiger partial charge in [0.25, 0.3) is 0 Å². The molecule has 4 atom stereocenters. The van der Waals surface area contributed by atoms with Gasteiger partial charge in [0.15, 0.2) is 0 Å². The molecule has 1 fully saturated rings. The number of hydrogen-bond acceptors (Lipinski definition) is 2. The Labute approximate surface area is 130 Å². The van der Waals surface area contributed by atoms with E-state index in [0.29, 0.717) is 18.0 Å². The van der Waals surface area contributed by atoms with E-state index in [-0.39, 0.29) is 0 Å². The summed E-state index contributed by atoms with van der Waals surface area (Å²) in [5, 5.41) is 8.73. The molecule has 1 aliphatic carbocycles. The van der Waals surface area contributed by atoms with Gasteiger partial charge < -0.3 is 5.32 Å². The summed E-state index contributed by atoms with van der Waals surface area (Å²) >= 11 is 0. The second kappa shape index (κ2) is 7.44. The van der Waals surface area contributed by atoms with Crippen molar-refractivity contribution in [2.75, 3.05) is 6.54 Å². The van der Waals surface area contributed by atoms with Gasteiger partial charge in [0.05, 0.1) is 11.7 Å². The SMILES string of the molecule is CCCNC1CC(C)CC(C)C1n1nc(CC)cc1CC. The van der Waals surface area contributed by atoms with Crippen LogP contribution in [0.15, 0.2) is 6.07 Å². The first-order valence-corrected chi connectivity index (χ1v) is 8.91. The van der Waals surface area contributed by atoms with Crippen molar-refractivity contribution in [3.8, 4) is 0 Å². The van der Waals surface area contributed by atoms with E-state index < -0.39 is 0 Å². The van der Waals surface area contributed by atoms with Crippen LogP contribution >= 0.6 is 0 Å². The maximum atomic E-state index is 4.93. The van der Waals surface area contributed by atoms with Crippen molar-refractivity contribution in [1.29, 1.82) is 0 Å². The molecule has 1 aromatic rings. The first-order valence-electron chi connectivity index (χ1n) is 8.91. The van der Waals surface area contributed by atoms with E-state index in [4.69, 9.17) is 5.10 Å². The fraction of sp³-hybridized carbons (Fsp3) is 0.833. The molecule has 0 saturated heterocycles. The van der Waals surface area contributed by atoms with Crippen LogP contribution < -0.4 is 5.32 Å². The summed E-state index contributed by atoms with van der Waals surface area (Å²) in [6, 6.07) is 3.39. The molecule has 2 rings (SSSR count). The summed E-state index contributed by atoms with van der Waals surface area (Å²) in [5.41, 5.74) is 2.65. The number of aryl methyl sites for hydroxylation is 2. The molecule has 21 heavy (non-hydrogen) atoms. The lowest BCUT2D eigenvalue weighted by atomic mass is 9.76. The molecule has 1 aromatic heterocycles. The minimum absolute atomic E-state index is 0.517. The van der Waals surface area contributed by atoms with Crippen molar-refractivity contribution >= 4 is 0 Å². The molecule has 3 heteroatoms. The third-order valence-electron chi connectivity index (χ3n) is 4.95. The molecule has 0 amide bonds. The van der Waals surface area contributed by atoms with Crippen LogP contribution in [0.25, 0.3) is 0 Å². The average Bonchev–Trinajstić information content (AvgIpc) is 2.87. The summed E-state index contributed by atoms with van der Waals surface area (Å²) in [4.78, 5) is 0. The van der Waals surface area contributed by atoms with Crippen molar-refractivity contribution in [3.05, 3.63) is 17.5 Å². The third kappa shape index (κ3) is 3.68. The summed E-state index contributed by atoms with van der Waals surface area (Å²) in [5.74, 6) is 1.51. The Kier molecular flexibility index (Phi) is 5.86. The highest BCUT2D eigenvalue weighted by Crippen LogP contribution is 2.37. The Balaban J connectivity index is 2.29. The fourth-order valence-electron chi connectivity index (χ4n) is 3.97. The minimum atomic E-state index is 0.517. The molecular formula is C18H33N3. The maximum absolute atomic E-state index is 4.93. The highest BCUT2D eigenvalue weighted by atomic mass is 15.3. The standard InChI is InChI=1S/C18H33N3/c1-6-9-19-17-11-13(4)10-14(5)18(17)21-16(8-3)12-15(7-2)20-21/h12-14,17-19H,6-11H2,1-5H3. The molecule has 3 nitrogen and oxygen atoms in total. The average molecular weight is 291 g/mol. The number of rotatable bonds is 6. The zero-order chi connectivity index (χ0) is 15.4. The molecule has 0 spiro atoms. The lowest BCUT2D eigenvalue weighted by Gasteiger charge is -2.41. The molecule has 0 aromatic carbocycles. The van der Waals surface area contributed by atoms with Gasteiger partial charge in [-0.2, -0.15) is 5.10 Å². The Bertz CT molecular complexity index is 438. The van der Waals surface area contributed by atoms with E-state index in [9.17, 15) is 0 Å². The molecule has 1 saturated carbocycles. The van der Waals surface area contributed by atoms with Gasteiger partial charge in [0, 0.05) is 11.7 Å². The van der Waals surface area contributed by atoms with E-state index in [0.717, 1.165) is 25.3 Å². The van der Waals surface area contributed by atoms with Crippen LogP contribution in [-0.4, -0.2) is 22.4 Å². The zero-order valence-corrected chi connectivity index (χ0v) is 14.5. The predicted octanol–water partition coefficient (Wildman–Crippen LogP) is 3.98. The fourth-order valence-corrected chi connectivity index (χ4v) is 3.97. The number of aromatic nitrogens is 2. The van der Waals surface area contributed by atoms with Crippen LogP contribution in [-0.2, 0) is 12.8 Å². The van der Waals surface area contributed by atoms with Gasteiger partial charge in [-0.15, -0.1) is 0 Å². The first kappa shape index (κ1) is 16.5.